The first-order valence-electron chi connectivity index (χ1n) is 16.1. The molecular formula is C33H32ClF6N9O6. The number of nitrogens with zero attached hydrogens (tertiary/aromatic N) is 6. The Labute approximate surface area is 312 Å². The monoisotopic (exact) mass is 799 g/mol. The molecule has 6 rings (SSSR count). The minimum atomic E-state index is -5.08. The molecule has 2 aliphatic rings. The third-order valence-corrected chi connectivity index (χ3v) is 8.27. The zero-order chi connectivity index (χ0) is 40.5. The third kappa shape index (κ3) is 12.3. The van der Waals surface area contributed by atoms with Crippen molar-refractivity contribution in [3.8, 4) is 0 Å². The van der Waals surface area contributed by atoms with Crippen molar-refractivity contribution in [1.29, 1.82) is 0 Å². The van der Waals surface area contributed by atoms with E-state index in [1.165, 1.54) is 0 Å². The number of aromatic nitrogens is 5. The second-order valence-electron chi connectivity index (χ2n) is 12.0. The average molecular weight is 800 g/mol. The predicted octanol–water partition coefficient (Wildman–Crippen LogP) is 5.99. The van der Waals surface area contributed by atoms with Gasteiger partial charge in [-0.15, -0.1) is 0 Å². The molecule has 0 spiro atoms. The number of carbonyl (C=O) groups excluding carboxylic acids is 2. The van der Waals surface area contributed by atoms with Crippen molar-refractivity contribution in [2.75, 3.05) is 29.0 Å². The number of anilines is 5. The lowest BCUT2D eigenvalue weighted by molar-refractivity contribution is -0.193. The fraction of sp³-hybridized carbons (Fsp3) is 0.333. The third-order valence-electron chi connectivity index (χ3n) is 7.99. The Hall–Kier alpha value is -5.99. The number of aliphatic carboxylic acids is 2. The van der Waals surface area contributed by atoms with E-state index in [1.54, 1.807) is 29.4 Å². The fourth-order valence-electron chi connectivity index (χ4n) is 5.27. The van der Waals surface area contributed by atoms with Gasteiger partial charge in [0, 0.05) is 56.5 Å². The minimum Gasteiger partial charge on any atom is -0.475 e. The normalized spacial score (nSPS) is 14.1. The van der Waals surface area contributed by atoms with Gasteiger partial charge in [0.1, 0.15) is 5.02 Å². The van der Waals surface area contributed by atoms with E-state index in [4.69, 9.17) is 31.4 Å². The molecule has 294 valence electrons. The first-order valence-corrected chi connectivity index (χ1v) is 16.5. The maximum atomic E-state index is 13.2. The van der Waals surface area contributed by atoms with E-state index in [0.717, 1.165) is 47.5 Å². The zero-order valence-electron chi connectivity index (χ0n) is 28.6. The van der Waals surface area contributed by atoms with Crippen molar-refractivity contribution in [1.82, 2.24) is 29.4 Å². The number of piperidine rings is 1. The number of rotatable bonds is 4. The molecule has 4 aromatic rings. The van der Waals surface area contributed by atoms with Crippen molar-refractivity contribution in [2.45, 2.75) is 44.5 Å². The zero-order valence-corrected chi connectivity index (χ0v) is 29.3. The molecule has 0 aliphatic carbocycles. The number of hydrogen-bond donors (Lipinski definition) is 5. The molecule has 0 radical (unpaired) electrons. The lowest BCUT2D eigenvalue weighted by Gasteiger charge is -2.31. The van der Waals surface area contributed by atoms with Crippen molar-refractivity contribution in [2.24, 2.45) is 13.0 Å². The van der Waals surface area contributed by atoms with Gasteiger partial charge in [0.15, 0.2) is 11.6 Å². The smallest absolute Gasteiger partial charge is 0.475 e. The minimum absolute atomic E-state index is 0.0323. The van der Waals surface area contributed by atoms with Crippen LogP contribution in [0.5, 0.6) is 0 Å². The second-order valence-corrected chi connectivity index (χ2v) is 12.5. The summed E-state index contributed by atoms with van der Waals surface area (Å²) in [6.45, 7) is 1.23. The van der Waals surface area contributed by atoms with E-state index in [9.17, 15) is 35.9 Å². The Kier molecular flexibility index (Phi) is 13.6. The van der Waals surface area contributed by atoms with E-state index in [-0.39, 0.29) is 17.7 Å². The van der Waals surface area contributed by atoms with Crippen LogP contribution in [0.2, 0.25) is 5.02 Å². The summed E-state index contributed by atoms with van der Waals surface area (Å²) < 4.78 is 65.2. The van der Waals surface area contributed by atoms with Crippen molar-refractivity contribution in [3.05, 3.63) is 77.2 Å². The Morgan fingerprint density at radius 2 is 1.56 bits per heavy atom. The summed E-state index contributed by atoms with van der Waals surface area (Å²) in [6.07, 6.45) is 1.72. The number of carboxylic acids is 2. The van der Waals surface area contributed by atoms with Gasteiger partial charge in [0.25, 0.3) is 5.91 Å². The van der Waals surface area contributed by atoms with Crippen molar-refractivity contribution < 1.29 is 55.7 Å². The molecule has 55 heavy (non-hydrogen) atoms. The van der Waals surface area contributed by atoms with E-state index in [1.807, 2.05) is 42.4 Å². The molecule has 0 atom stereocenters. The highest BCUT2D eigenvalue weighted by atomic mass is 35.5. The predicted molar refractivity (Wildman–Crippen MR) is 184 cm³/mol. The first kappa shape index (κ1) is 41.8. The van der Waals surface area contributed by atoms with E-state index >= 15 is 0 Å². The number of aryl methyl sites for hydroxylation is 3. The number of likely N-dealkylation sites (tertiary alicyclic amines) is 1. The average Bonchev–Trinajstić information content (AvgIpc) is 3.55. The van der Waals surface area contributed by atoms with Crippen molar-refractivity contribution >= 4 is 64.2 Å². The quantitative estimate of drug-likeness (QED) is 0.151. The number of benzene rings is 1. The summed E-state index contributed by atoms with van der Waals surface area (Å²) >= 11 is 6.37. The van der Waals surface area contributed by atoms with E-state index < -0.39 is 24.3 Å². The number of carbonyl (C=O) groups is 4. The van der Waals surface area contributed by atoms with Crippen LogP contribution < -0.4 is 16.0 Å². The standard InChI is InChI=1S/C29H30ClN9O2.2C2HF3O2/c1-38-11-8-32-27(38)28(41)39-9-6-18(7-10-39)13-25(40)36-24-5-4-21-14-20(24)3-2-19-12-22(16-31-15-19)35-29-33-17-23(30)26(34-21)37-29;2*3-2(4,5)1(6)7/h4-5,8,11-12,14-18H,2-3,6-7,9-10,13H2,1H3,(H,36,40)(H2,33,34,35,37);2*(H,6,7). The lowest BCUT2D eigenvalue weighted by atomic mass is 9.93. The van der Waals surface area contributed by atoms with Crippen LogP contribution in [-0.4, -0.2) is 88.8 Å². The van der Waals surface area contributed by atoms with Crippen LogP contribution in [0.1, 0.15) is 41.0 Å². The second kappa shape index (κ2) is 17.9. The van der Waals surface area contributed by atoms with Crippen LogP contribution in [0, 0.1) is 5.92 Å². The Balaban J connectivity index is 0.000000410. The molecule has 2 amide bonds. The highest BCUT2D eigenvalue weighted by Gasteiger charge is 2.39. The maximum Gasteiger partial charge on any atom is 0.490 e. The van der Waals surface area contributed by atoms with Gasteiger partial charge in [-0.05, 0) is 67.0 Å². The summed E-state index contributed by atoms with van der Waals surface area (Å²) in [5.41, 5.74) is 4.39. The SMILES string of the molecule is Cn1ccnc1C(=O)N1CCC(CC(=O)Nc2ccc3cc2CCc2cncc(c2)Nc2ncc(Cl)c(n2)N3)CC1.O=C(O)C(F)(F)F.O=C(O)C(F)(F)F. The number of carboxylic acid groups (broad SMARTS) is 2. The summed E-state index contributed by atoms with van der Waals surface area (Å²) in [5, 5.41) is 24.3. The van der Waals surface area contributed by atoms with Crippen molar-refractivity contribution in [3.63, 3.8) is 0 Å². The largest absolute Gasteiger partial charge is 0.490 e. The van der Waals surface area contributed by atoms with Crippen LogP contribution in [0.15, 0.2) is 55.2 Å². The van der Waals surface area contributed by atoms with Gasteiger partial charge in [-0.3, -0.25) is 14.6 Å². The molecular weight excluding hydrogens is 768 g/mol. The Morgan fingerprint density at radius 3 is 2.16 bits per heavy atom. The molecule has 22 heteroatoms. The highest BCUT2D eigenvalue weighted by molar-refractivity contribution is 6.32. The van der Waals surface area contributed by atoms with E-state index in [0.29, 0.717) is 48.5 Å². The number of hydrogen-bond acceptors (Lipinski definition) is 10. The number of fused-ring (bicyclic) bond motifs is 6. The number of amides is 2. The molecule has 0 saturated carbocycles. The number of pyridine rings is 1. The number of alkyl halides is 6. The molecule has 3 aromatic heterocycles. The molecule has 5 heterocycles. The van der Waals surface area contributed by atoms with Gasteiger partial charge >= 0.3 is 24.3 Å². The maximum absolute atomic E-state index is 13.2. The van der Waals surface area contributed by atoms with Gasteiger partial charge in [-0.1, -0.05) is 11.6 Å². The Bertz CT molecular complexity index is 2000. The number of imidazole rings is 1. The molecule has 5 N–H and O–H groups in total. The topological polar surface area (TPSA) is 205 Å². The summed E-state index contributed by atoms with van der Waals surface area (Å²) in [5.74, 6) is -4.08. The van der Waals surface area contributed by atoms with Gasteiger partial charge in [0.05, 0.1) is 18.1 Å². The van der Waals surface area contributed by atoms with Crippen LogP contribution in [0.25, 0.3) is 0 Å². The molecule has 2 aliphatic heterocycles. The molecule has 1 aromatic carbocycles. The summed E-state index contributed by atoms with van der Waals surface area (Å²) in [7, 11) is 1.82. The summed E-state index contributed by atoms with van der Waals surface area (Å²) in [4.78, 5) is 62.9. The molecule has 15 nitrogen and oxygen atoms in total. The van der Waals surface area contributed by atoms with Gasteiger partial charge in [-0.2, -0.15) is 31.3 Å². The highest BCUT2D eigenvalue weighted by Crippen LogP contribution is 2.30. The van der Waals surface area contributed by atoms with Crippen LogP contribution >= 0.6 is 11.6 Å². The van der Waals surface area contributed by atoms with Crippen LogP contribution in [0.4, 0.5) is 55.2 Å². The number of halogens is 7. The molecule has 1 saturated heterocycles. The molecule has 0 unspecified atom stereocenters. The number of nitrogens with one attached hydrogen (secondary N) is 3. The van der Waals surface area contributed by atoms with Gasteiger partial charge in [-0.25, -0.2) is 19.6 Å². The Morgan fingerprint density at radius 1 is 0.909 bits per heavy atom. The van der Waals surface area contributed by atoms with Gasteiger partial charge in [0.2, 0.25) is 11.9 Å². The molecule has 6 bridgehead atoms. The van der Waals surface area contributed by atoms with Crippen LogP contribution in [0.3, 0.4) is 0 Å². The van der Waals surface area contributed by atoms with E-state index in [2.05, 4.69) is 35.9 Å². The lowest BCUT2D eigenvalue weighted by Crippen LogP contribution is -2.40. The summed E-state index contributed by atoms with van der Waals surface area (Å²) in [6, 6.07) is 7.83. The fourth-order valence-corrected chi connectivity index (χ4v) is 5.41. The first-order chi connectivity index (χ1) is 25.8. The van der Waals surface area contributed by atoms with Crippen LogP contribution in [-0.2, 0) is 34.3 Å². The van der Waals surface area contributed by atoms with Gasteiger partial charge < -0.3 is 35.6 Å². The molecule has 1 fully saturated rings.